The average Bonchev–Trinajstić information content (AvgIpc) is 2.63. The van der Waals surface area contributed by atoms with Crippen LogP contribution in [0.5, 0.6) is 0 Å². The van der Waals surface area contributed by atoms with Crippen molar-refractivity contribution < 1.29 is 13.6 Å². The third kappa shape index (κ3) is 2.91. The number of nitrogens with zero attached hydrogens (tertiary/aromatic N) is 1. The van der Waals surface area contributed by atoms with Gasteiger partial charge >= 0.3 is 7.60 Å². The number of benzene rings is 2. The lowest BCUT2D eigenvalue weighted by Gasteiger charge is -2.23. The van der Waals surface area contributed by atoms with Crippen LogP contribution in [0.15, 0.2) is 59.4 Å². The molecule has 0 bridgehead atoms. The minimum absolute atomic E-state index is 0.104. The summed E-state index contributed by atoms with van der Waals surface area (Å²) in [5.41, 5.74) is 0.623. The van der Waals surface area contributed by atoms with Crippen LogP contribution in [0.1, 0.15) is 16.9 Å². The Morgan fingerprint density at radius 3 is 2.29 bits per heavy atom. The summed E-state index contributed by atoms with van der Waals surface area (Å²) in [5.74, 6) is 0. The van der Waals surface area contributed by atoms with E-state index in [1.807, 2.05) is 18.2 Å². The number of hydrogen-bond donors (Lipinski definition) is 1. The van der Waals surface area contributed by atoms with Gasteiger partial charge in [-0.3, -0.25) is 9.36 Å². The first-order valence-electron chi connectivity index (χ1n) is 7.34. The van der Waals surface area contributed by atoms with Crippen LogP contribution >= 0.6 is 7.60 Å². The van der Waals surface area contributed by atoms with Gasteiger partial charge < -0.3 is 14.0 Å². The molecule has 6 nitrogen and oxygen atoms in total. The number of nitrogens with one attached hydrogen (secondary N) is 1. The van der Waals surface area contributed by atoms with E-state index < -0.39 is 18.8 Å². The van der Waals surface area contributed by atoms with E-state index in [0.717, 1.165) is 0 Å². The molecule has 0 saturated carbocycles. The SMILES string of the molecule is COP(=O)(OC)[C@@H](c1ccccc1)c1nc2ccccc2[nH]c1=O. The molecular weight excluding hydrogens is 327 g/mol. The van der Waals surface area contributed by atoms with Crippen molar-refractivity contribution in [1.29, 1.82) is 0 Å². The second kappa shape index (κ2) is 6.69. The number of hydrogen-bond acceptors (Lipinski definition) is 5. The number of aromatic amines is 1. The standard InChI is InChI=1S/C17H17N2O4P/c1-22-24(21,23-2)16(12-8-4-3-5-9-12)15-17(20)19-14-11-7-6-10-13(14)18-15/h3-11,16H,1-2H3,(H,19,20)/t16-/m0/s1. The largest absolute Gasteiger partial charge is 0.343 e. The summed E-state index contributed by atoms with van der Waals surface area (Å²) in [6.07, 6.45) is 0. The third-order valence-corrected chi connectivity index (χ3v) is 6.02. The summed E-state index contributed by atoms with van der Waals surface area (Å²) in [6.45, 7) is 0. The maximum atomic E-state index is 13.1. The predicted octanol–water partition coefficient (Wildman–Crippen LogP) is 3.50. The molecule has 124 valence electrons. The molecule has 1 aromatic heterocycles. The summed E-state index contributed by atoms with van der Waals surface area (Å²) in [6, 6.07) is 16.1. The maximum Gasteiger partial charge on any atom is 0.343 e. The van der Waals surface area contributed by atoms with Crippen LogP contribution in [0.4, 0.5) is 0 Å². The Labute approximate surface area is 139 Å². The molecule has 0 aliphatic heterocycles. The van der Waals surface area contributed by atoms with Gasteiger partial charge in [-0.1, -0.05) is 42.5 Å². The van der Waals surface area contributed by atoms with Gasteiger partial charge in [0.25, 0.3) is 5.56 Å². The zero-order chi connectivity index (χ0) is 17.2. The van der Waals surface area contributed by atoms with Crippen molar-refractivity contribution in [3.05, 3.63) is 76.2 Å². The number of rotatable bonds is 5. The number of para-hydroxylation sites is 2. The Bertz CT molecular complexity index is 947. The van der Waals surface area contributed by atoms with Crippen molar-refractivity contribution in [3.8, 4) is 0 Å². The van der Waals surface area contributed by atoms with Gasteiger partial charge in [0.05, 0.1) is 11.0 Å². The van der Waals surface area contributed by atoms with Gasteiger partial charge in [-0.15, -0.1) is 0 Å². The summed E-state index contributed by atoms with van der Waals surface area (Å²) >= 11 is 0. The first-order chi connectivity index (χ1) is 11.6. The molecule has 24 heavy (non-hydrogen) atoms. The van der Waals surface area contributed by atoms with Gasteiger partial charge in [0.1, 0.15) is 11.4 Å². The molecule has 1 heterocycles. The molecule has 0 spiro atoms. The topological polar surface area (TPSA) is 81.3 Å². The van der Waals surface area contributed by atoms with Crippen molar-refractivity contribution in [3.63, 3.8) is 0 Å². The fourth-order valence-corrected chi connectivity index (χ4v) is 4.22. The minimum atomic E-state index is -3.62. The lowest BCUT2D eigenvalue weighted by atomic mass is 10.1. The summed E-state index contributed by atoms with van der Waals surface area (Å²) < 4.78 is 23.4. The molecule has 0 unspecified atom stereocenters. The normalized spacial score (nSPS) is 13.1. The molecule has 0 amide bonds. The van der Waals surface area contributed by atoms with Gasteiger partial charge in [0, 0.05) is 14.2 Å². The Morgan fingerprint density at radius 2 is 1.62 bits per heavy atom. The monoisotopic (exact) mass is 344 g/mol. The smallest absolute Gasteiger partial charge is 0.319 e. The molecule has 0 radical (unpaired) electrons. The lowest BCUT2D eigenvalue weighted by Crippen LogP contribution is -2.20. The van der Waals surface area contributed by atoms with E-state index in [2.05, 4.69) is 9.97 Å². The van der Waals surface area contributed by atoms with E-state index in [0.29, 0.717) is 16.6 Å². The molecule has 0 aliphatic rings. The fraction of sp³-hybridized carbons (Fsp3) is 0.176. The van der Waals surface area contributed by atoms with Gasteiger partial charge in [-0.2, -0.15) is 0 Å². The van der Waals surface area contributed by atoms with E-state index in [1.165, 1.54) is 14.2 Å². The van der Waals surface area contributed by atoms with Crippen molar-refractivity contribution >= 4 is 18.6 Å². The summed E-state index contributed by atoms with van der Waals surface area (Å²) in [7, 11) is -1.02. The Balaban J connectivity index is 2.29. The first-order valence-corrected chi connectivity index (χ1v) is 8.95. The van der Waals surface area contributed by atoms with Crippen molar-refractivity contribution in [2.24, 2.45) is 0 Å². The Kier molecular flexibility index (Phi) is 4.62. The highest BCUT2D eigenvalue weighted by molar-refractivity contribution is 7.54. The molecule has 7 heteroatoms. The van der Waals surface area contributed by atoms with E-state index >= 15 is 0 Å². The molecule has 0 aliphatic carbocycles. The molecular formula is C17H17N2O4P. The molecule has 1 N–H and O–H groups in total. The van der Waals surface area contributed by atoms with E-state index in [1.54, 1.807) is 36.4 Å². The van der Waals surface area contributed by atoms with Crippen molar-refractivity contribution in [2.75, 3.05) is 14.2 Å². The van der Waals surface area contributed by atoms with Crippen molar-refractivity contribution in [1.82, 2.24) is 9.97 Å². The summed E-state index contributed by atoms with van der Waals surface area (Å²) in [4.78, 5) is 19.8. The van der Waals surface area contributed by atoms with Gasteiger partial charge in [-0.05, 0) is 17.7 Å². The van der Waals surface area contributed by atoms with Crippen LogP contribution in [0, 0.1) is 0 Å². The maximum absolute atomic E-state index is 13.1. The quantitative estimate of drug-likeness (QED) is 0.717. The molecule has 1 atom stereocenters. The fourth-order valence-electron chi connectivity index (χ4n) is 2.64. The highest BCUT2D eigenvalue weighted by atomic mass is 31.2. The van der Waals surface area contributed by atoms with E-state index in [4.69, 9.17) is 9.05 Å². The highest BCUT2D eigenvalue weighted by Gasteiger charge is 2.39. The third-order valence-electron chi connectivity index (χ3n) is 3.83. The predicted molar refractivity (Wildman–Crippen MR) is 92.3 cm³/mol. The Hall–Kier alpha value is -2.27. The molecule has 0 saturated heterocycles. The van der Waals surface area contributed by atoms with Crippen LogP contribution < -0.4 is 5.56 Å². The van der Waals surface area contributed by atoms with Crippen LogP contribution in [0.2, 0.25) is 0 Å². The van der Waals surface area contributed by atoms with Crippen LogP contribution in [0.3, 0.4) is 0 Å². The second-order valence-corrected chi connectivity index (χ2v) is 7.51. The molecule has 2 aromatic carbocycles. The number of aromatic nitrogens is 2. The molecule has 3 rings (SSSR count). The number of H-pyrrole nitrogens is 1. The van der Waals surface area contributed by atoms with E-state index in [-0.39, 0.29) is 5.69 Å². The van der Waals surface area contributed by atoms with Crippen molar-refractivity contribution in [2.45, 2.75) is 5.66 Å². The number of fused-ring (bicyclic) bond motifs is 1. The van der Waals surface area contributed by atoms with Crippen LogP contribution in [-0.4, -0.2) is 24.2 Å². The van der Waals surface area contributed by atoms with Crippen LogP contribution in [-0.2, 0) is 13.6 Å². The van der Waals surface area contributed by atoms with Gasteiger partial charge in [0.15, 0.2) is 0 Å². The zero-order valence-electron chi connectivity index (χ0n) is 13.3. The van der Waals surface area contributed by atoms with E-state index in [9.17, 15) is 9.36 Å². The Morgan fingerprint density at radius 1 is 1.00 bits per heavy atom. The zero-order valence-corrected chi connectivity index (χ0v) is 14.2. The van der Waals surface area contributed by atoms with Gasteiger partial charge in [0.2, 0.25) is 0 Å². The highest BCUT2D eigenvalue weighted by Crippen LogP contribution is 2.61. The lowest BCUT2D eigenvalue weighted by molar-refractivity contribution is 0.269. The average molecular weight is 344 g/mol. The first kappa shape index (κ1) is 16.6. The van der Waals surface area contributed by atoms with Crippen LogP contribution in [0.25, 0.3) is 11.0 Å². The second-order valence-electron chi connectivity index (χ2n) is 5.19. The molecule has 3 aromatic rings. The van der Waals surface area contributed by atoms with Gasteiger partial charge in [-0.25, -0.2) is 4.98 Å². The molecule has 0 fully saturated rings. The minimum Gasteiger partial charge on any atom is -0.319 e. The summed E-state index contributed by atoms with van der Waals surface area (Å²) in [5, 5.41) is 0.